The van der Waals surface area contributed by atoms with Gasteiger partial charge in [-0.15, -0.1) is 11.3 Å². The first kappa shape index (κ1) is 31.6. The van der Waals surface area contributed by atoms with Gasteiger partial charge in [0.15, 0.2) is 0 Å². The predicted octanol–water partition coefficient (Wildman–Crippen LogP) is 15.1. The molecule has 0 aliphatic heterocycles. The Morgan fingerprint density at radius 2 is 1.00 bits per heavy atom. The van der Waals surface area contributed by atoms with E-state index in [0.717, 1.165) is 17.1 Å². The standard InChI is InChI=1S/C52H34N2S/c1-3-13-35(14-4-1)37-15-11-18-40(33-37)53(41-29-32-51-47(34-41)44-19-8-10-24-50(44)55-51)39-27-25-36(26-28-39)42-21-12-22-45-43(42)30-31-49-52(45)46-20-7-9-23-48(46)54(49)38-16-5-2-6-17-38/h1-34H. The van der Waals surface area contributed by atoms with Crippen LogP contribution in [0.5, 0.6) is 0 Å². The number of fused-ring (bicyclic) bond motifs is 8. The molecule has 2 aromatic heterocycles. The molecule has 0 aliphatic carbocycles. The summed E-state index contributed by atoms with van der Waals surface area (Å²) in [4.78, 5) is 2.40. The number of para-hydroxylation sites is 2. The van der Waals surface area contributed by atoms with Crippen molar-refractivity contribution in [3.63, 3.8) is 0 Å². The average molecular weight is 719 g/mol. The molecular weight excluding hydrogens is 685 g/mol. The quantitative estimate of drug-likeness (QED) is 0.166. The molecule has 258 valence electrons. The number of benzene rings is 9. The summed E-state index contributed by atoms with van der Waals surface area (Å²) < 4.78 is 5.01. The maximum atomic E-state index is 2.40. The summed E-state index contributed by atoms with van der Waals surface area (Å²) >= 11 is 1.86. The molecule has 0 unspecified atom stereocenters. The Bertz CT molecular complexity index is 3190. The van der Waals surface area contributed by atoms with Crippen LogP contribution in [0.1, 0.15) is 0 Å². The van der Waals surface area contributed by atoms with Crippen LogP contribution in [0.15, 0.2) is 206 Å². The molecule has 0 radical (unpaired) electrons. The highest BCUT2D eigenvalue weighted by Crippen LogP contribution is 2.43. The minimum absolute atomic E-state index is 1.11. The first-order chi connectivity index (χ1) is 27.3. The lowest BCUT2D eigenvalue weighted by Gasteiger charge is -2.26. The Hall–Kier alpha value is -6.94. The molecule has 11 rings (SSSR count). The molecule has 0 amide bonds. The molecular formula is C52H34N2S. The Labute approximate surface area is 323 Å². The van der Waals surface area contributed by atoms with E-state index in [1.807, 2.05) is 11.3 Å². The Balaban J connectivity index is 1.06. The molecule has 2 heterocycles. The predicted molar refractivity (Wildman–Crippen MR) is 237 cm³/mol. The summed E-state index contributed by atoms with van der Waals surface area (Å²) in [7, 11) is 0. The van der Waals surface area contributed by atoms with Crippen molar-refractivity contribution in [2.75, 3.05) is 4.90 Å². The number of thiophene rings is 1. The van der Waals surface area contributed by atoms with Crippen molar-refractivity contribution in [2.24, 2.45) is 0 Å². The van der Waals surface area contributed by atoms with Gasteiger partial charge in [0.25, 0.3) is 0 Å². The number of anilines is 3. The Morgan fingerprint density at radius 1 is 0.345 bits per heavy atom. The van der Waals surface area contributed by atoms with E-state index in [4.69, 9.17) is 0 Å². The summed E-state index contributed by atoms with van der Waals surface area (Å²) in [5.41, 5.74) is 11.8. The van der Waals surface area contributed by atoms with Crippen molar-refractivity contribution in [1.29, 1.82) is 0 Å². The normalized spacial score (nSPS) is 11.6. The highest BCUT2D eigenvalue weighted by atomic mass is 32.1. The molecule has 0 bridgehead atoms. The second-order valence-electron chi connectivity index (χ2n) is 14.1. The average Bonchev–Trinajstić information content (AvgIpc) is 3.80. The van der Waals surface area contributed by atoms with Crippen LogP contribution in [-0.4, -0.2) is 4.57 Å². The third-order valence-electron chi connectivity index (χ3n) is 11.0. The van der Waals surface area contributed by atoms with Crippen LogP contribution in [0.2, 0.25) is 0 Å². The van der Waals surface area contributed by atoms with Gasteiger partial charge in [-0.3, -0.25) is 0 Å². The smallest absolute Gasteiger partial charge is 0.0547 e. The van der Waals surface area contributed by atoms with Gasteiger partial charge in [0.05, 0.1) is 11.0 Å². The van der Waals surface area contributed by atoms with E-state index in [1.165, 1.54) is 80.7 Å². The van der Waals surface area contributed by atoms with Crippen LogP contribution >= 0.6 is 11.3 Å². The Kier molecular flexibility index (Phi) is 7.39. The fraction of sp³-hybridized carbons (Fsp3) is 0. The van der Waals surface area contributed by atoms with Crippen LogP contribution in [-0.2, 0) is 0 Å². The fourth-order valence-corrected chi connectivity index (χ4v) is 9.56. The lowest BCUT2D eigenvalue weighted by atomic mass is 9.95. The largest absolute Gasteiger partial charge is 0.310 e. The monoisotopic (exact) mass is 718 g/mol. The van der Waals surface area contributed by atoms with Gasteiger partial charge in [-0.25, -0.2) is 0 Å². The number of hydrogen-bond acceptors (Lipinski definition) is 2. The van der Waals surface area contributed by atoms with E-state index in [1.54, 1.807) is 0 Å². The second-order valence-corrected chi connectivity index (χ2v) is 15.2. The number of hydrogen-bond donors (Lipinski definition) is 0. The third kappa shape index (κ3) is 5.24. The van der Waals surface area contributed by atoms with Crippen LogP contribution in [0, 0.1) is 0 Å². The molecule has 0 saturated carbocycles. The maximum Gasteiger partial charge on any atom is 0.0547 e. The molecule has 0 saturated heterocycles. The zero-order valence-corrected chi connectivity index (χ0v) is 30.7. The van der Waals surface area contributed by atoms with Gasteiger partial charge >= 0.3 is 0 Å². The van der Waals surface area contributed by atoms with Gasteiger partial charge in [0, 0.05) is 53.7 Å². The van der Waals surface area contributed by atoms with Gasteiger partial charge in [-0.2, -0.15) is 0 Å². The lowest BCUT2D eigenvalue weighted by Crippen LogP contribution is -2.10. The highest BCUT2D eigenvalue weighted by Gasteiger charge is 2.18. The molecule has 2 nitrogen and oxygen atoms in total. The van der Waals surface area contributed by atoms with E-state index >= 15 is 0 Å². The Morgan fingerprint density at radius 3 is 1.85 bits per heavy atom. The summed E-state index contributed by atoms with van der Waals surface area (Å²) in [6.45, 7) is 0. The second kappa shape index (κ2) is 12.9. The minimum atomic E-state index is 1.11. The topological polar surface area (TPSA) is 8.17 Å². The van der Waals surface area contributed by atoms with Gasteiger partial charge in [0.2, 0.25) is 0 Å². The first-order valence-corrected chi connectivity index (χ1v) is 19.6. The molecule has 0 atom stereocenters. The zero-order chi connectivity index (χ0) is 36.3. The SMILES string of the molecule is c1ccc(-c2cccc(N(c3ccc(-c4cccc5c4ccc4c5c5ccccc5n4-c4ccccc4)cc3)c3ccc4sc5ccccc5c4c3)c2)cc1. The van der Waals surface area contributed by atoms with E-state index < -0.39 is 0 Å². The number of nitrogens with zero attached hydrogens (tertiary/aromatic N) is 2. The molecule has 9 aromatic carbocycles. The van der Waals surface area contributed by atoms with Crippen molar-refractivity contribution >= 4 is 81.1 Å². The van der Waals surface area contributed by atoms with Gasteiger partial charge < -0.3 is 9.47 Å². The van der Waals surface area contributed by atoms with E-state index in [9.17, 15) is 0 Å². The highest BCUT2D eigenvalue weighted by molar-refractivity contribution is 7.25. The van der Waals surface area contributed by atoms with E-state index in [2.05, 4.69) is 216 Å². The zero-order valence-electron chi connectivity index (χ0n) is 29.9. The van der Waals surface area contributed by atoms with Crippen LogP contribution in [0.4, 0.5) is 17.1 Å². The van der Waals surface area contributed by atoms with Crippen LogP contribution < -0.4 is 4.90 Å². The lowest BCUT2D eigenvalue weighted by molar-refractivity contribution is 1.18. The van der Waals surface area contributed by atoms with Crippen molar-refractivity contribution in [2.45, 2.75) is 0 Å². The third-order valence-corrected chi connectivity index (χ3v) is 12.1. The van der Waals surface area contributed by atoms with Crippen LogP contribution in [0.25, 0.3) is 80.7 Å². The molecule has 11 aromatic rings. The molecule has 3 heteroatoms. The molecule has 0 N–H and O–H groups in total. The summed E-state index contributed by atoms with van der Waals surface area (Å²) in [6, 6.07) is 75.1. The van der Waals surface area contributed by atoms with E-state index in [-0.39, 0.29) is 0 Å². The number of rotatable bonds is 6. The fourth-order valence-electron chi connectivity index (χ4n) is 8.48. The number of aromatic nitrogens is 1. The summed E-state index contributed by atoms with van der Waals surface area (Å²) in [5.74, 6) is 0. The van der Waals surface area contributed by atoms with Gasteiger partial charge in [-0.1, -0.05) is 133 Å². The maximum absolute atomic E-state index is 2.40. The van der Waals surface area contributed by atoms with Crippen molar-refractivity contribution in [3.8, 4) is 27.9 Å². The van der Waals surface area contributed by atoms with E-state index in [0.29, 0.717) is 0 Å². The van der Waals surface area contributed by atoms with Crippen molar-refractivity contribution in [3.05, 3.63) is 206 Å². The van der Waals surface area contributed by atoms with Gasteiger partial charge in [-0.05, 0) is 106 Å². The minimum Gasteiger partial charge on any atom is -0.310 e. The van der Waals surface area contributed by atoms with Gasteiger partial charge in [0.1, 0.15) is 0 Å². The molecule has 0 spiro atoms. The van der Waals surface area contributed by atoms with Crippen molar-refractivity contribution < 1.29 is 0 Å². The van der Waals surface area contributed by atoms with Crippen LogP contribution in [0.3, 0.4) is 0 Å². The summed E-state index contributed by atoms with van der Waals surface area (Å²) in [5, 5.41) is 7.66. The summed E-state index contributed by atoms with van der Waals surface area (Å²) in [6.07, 6.45) is 0. The molecule has 0 aliphatic rings. The first-order valence-electron chi connectivity index (χ1n) is 18.8. The van der Waals surface area contributed by atoms with Crippen molar-refractivity contribution in [1.82, 2.24) is 4.57 Å². The molecule has 0 fully saturated rings. The molecule has 55 heavy (non-hydrogen) atoms.